The molecule has 5 heteroatoms. The highest BCUT2D eigenvalue weighted by Gasteiger charge is 2.19. The van der Waals surface area contributed by atoms with E-state index < -0.39 is 5.97 Å². The van der Waals surface area contributed by atoms with Gasteiger partial charge >= 0.3 is 5.97 Å². The number of carboxylic acid groups (broad SMARTS) is 1. The number of carboxylic acids is 1. The van der Waals surface area contributed by atoms with Gasteiger partial charge in [0.2, 0.25) is 11.7 Å². The lowest BCUT2D eigenvalue weighted by molar-refractivity contribution is 0.0661. The second kappa shape index (κ2) is 5.35. The topological polar surface area (TPSA) is 63.3 Å². The molecule has 94 valence electrons. The van der Waals surface area contributed by atoms with Gasteiger partial charge in [0.15, 0.2) is 0 Å². The zero-order valence-corrected chi connectivity index (χ0v) is 11.4. The maximum absolute atomic E-state index is 11.1. The summed E-state index contributed by atoms with van der Waals surface area (Å²) in [5, 5.41) is 9.06. The Bertz CT molecular complexity index is 560. The number of rotatable bonds is 4. The van der Waals surface area contributed by atoms with Crippen LogP contribution in [0.3, 0.4) is 0 Å². The second-order valence-corrected chi connectivity index (χ2v) is 4.77. The third-order valence-corrected chi connectivity index (χ3v) is 3.00. The Kier molecular flexibility index (Phi) is 3.81. The van der Waals surface area contributed by atoms with Crippen molar-refractivity contribution < 1.29 is 14.3 Å². The quantitative estimate of drug-likeness (QED) is 0.934. The van der Waals surface area contributed by atoms with Gasteiger partial charge in [0.25, 0.3) is 0 Å². The highest BCUT2D eigenvalue weighted by atomic mass is 79.9. The Morgan fingerprint density at radius 3 is 2.61 bits per heavy atom. The first-order chi connectivity index (χ1) is 8.61. The zero-order chi connectivity index (χ0) is 13.1. The molecule has 0 spiro atoms. The van der Waals surface area contributed by atoms with E-state index in [4.69, 9.17) is 9.52 Å². The molecular weight excluding hydrogens is 298 g/mol. The Morgan fingerprint density at radius 1 is 1.39 bits per heavy atom. The van der Waals surface area contributed by atoms with E-state index in [-0.39, 0.29) is 5.76 Å². The summed E-state index contributed by atoms with van der Waals surface area (Å²) in [5.41, 5.74) is 1.27. The minimum Gasteiger partial charge on any atom is -0.475 e. The molecule has 0 aliphatic rings. The minimum absolute atomic E-state index is 0.0604. The summed E-state index contributed by atoms with van der Waals surface area (Å²) in [6, 6.07) is 7.38. The second-order valence-electron chi connectivity index (χ2n) is 3.86. The summed E-state index contributed by atoms with van der Waals surface area (Å²) in [5.74, 6) is -0.785. The van der Waals surface area contributed by atoms with Crippen LogP contribution in [0.4, 0.5) is 0 Å². The van der Waals surface area contributed by atoms with Crippen molar-refractivity contribution in [3.8, 4) is 11.5 Å². The van der Waals surface area contributed by atoms with Crippen molar-refractivity contribution in [2.75, 3.05) is 0 Å². The third-order valence-electron chi connectivity index (χ3n) is 2.47. The summed E-state index contributed by atoms with van der Waals surface area (Å²) in [6.07, 6.45) is 1.42. The predicted molar refractivity (Wildman–Crippen MR) is 70.6 cm³/mol. The van der Waals surface area contributed by atoms with Crippen LogP contribution in [0.25, 0.3) is 11.5 Å². The molecule has 0 aliphatic heterocycles. The Morgan fingerprint density at radius 2 is 2.06 bits per heavy atom. The molecule has 1 heterocycles. The number of aromatic nitrogens is 1. The van der Waals surface area contributed by atoms with E-state index in [1.165, 1.54) is 0 Å². The van der Waals surface area contributed by atoms with Crippen molar-refractivity contribution in [3.63, 3.8) is 0 Å². The molecule has 4 nitrogen and oxygen atoms in total. The lowest BCUT2D eigenvalue weighted by Gasteiger charge is -1.94. The zero-order valence-electron chi connectivity index (χ0n) is 9.81. The van der Waals surface area contributed by atoms with Gasteiger partial charge in [-0.1, -0.05) is 29.3 Å². The summed E-state index contributed by atoms with van der Waals surface area (Å²) >= 11 is 3.34. The van der Waals surface area contributed by atoms with Gasteiger partial charge < -0.3 is 9.52 Å². The highest BCUT2D eigenvalue weighted by molar-refractivity contribution is 9.10. The van der Waals surface area contributed by atoms with Crippen molar-refractivity contribution in [2.24, 2.45) is 0 Å². The number of nitrogens with zero attached hydrogens (tertiary/aromatic N) is 1. The van der Waals surface area contributed by atoms with Crippen LogP contribution < -0.4 is 0 Å². The Balaban J connectivity index is 2.42. The van der Waals surface area contributed by atoms with Crippen LogP contribution in [0.15, 0.2) is 33.2 Å². The van der Waals surface area contributed by atoms with E-state index in [1.54, 1.807) is 0 Å². The maximum atomic E-state index is 11.1. The first-order valence-electron chi connectivity index (χ1n) is 5.60. The van der Waals surface area contributed by atoms with Gasteiger partial charge in [0.1, 0.15) is 0 Å². The normalized spacial score (nSPS) is 10.6. The molecule has 1 N–H and O–H groups in total. The molecule has 0 fully saturated rings. The average Bonchev–Trinajstić information content (AvgIpc) is 2.75. The molecule has 0 amide bonds. The van der Waals surface area contributed by atoms with Crippen LogP contribution in [0.5, 0.6) is 0 Å². The fraction of sp³-hybridized carbons (Fsp3) is 0.231. The lowest BCUT2D eigenvalue weighted by Crippen LogP contribution is -1.99. The fourth-order valence-corrected chi connectivity index (χ4v) is 1.91. The van der Waals surface area contributed by atoms with Gasteiger partial charge in [-0.05, 0) is 30.7 Å². The summed E-state index contributed by atoms with van der Waals surface area (Å²) in [6.45, 7) is 1.97. The molecule has 1 aromatic heterocycles. The van der Waals surface area contributed by atoms with Crippen LogP contribution in [0, 0.1) is 0 Å². The standard InChI is InChI=1S/C13H12BrNO3/c1-2-3-10-11(13(16)17)18-12(15-10)8-4-6-9(14)7-5-8/h4-7H,2-3H2,1H3,(H,16,17). The van der Waals surface area contributed by atoms with Crippen LogP contribution in [-0.4, -0.2) is 16.1 Å². The molecular formula is C13H12BrNO3. The molecule has 1 aromatic carbocycles. The number of aromatic carboxylic acids is 1. The number of benzene rings is 1. The van der Waals surface area contributed by atoms with E-state index in [1.807, 2.05) is 31.2 Å². The number of hydrogen-bond acceptors (Lipinski definition) is 3. The third kappa shape index (κ3) is 2.61. The monoisotopic (exact) mass is 309 g/mol. The van der Waals surface area contributed by atoms with Gasteiger partial charge in [-0.25, -0.2) is 9.78 Å². The molecule has 0 saturated heterocycles. The molecule has 0 aliphatic carbocycles. The predicted octanol–water partition coefficient (Wildman–Crippen LogP) is 3.75. The molecule has 2 aromatic rings. The van der Waals surface area contributed by atoms with Gasteiger partial charge in [-0.15, -0.1) is 0 Å². The van der Waals surface area contributed by atoms with Gasteiger partial charge in [-0.2, -0.15) is 0 Å². The number of oxazole rings is 1. The summed E-state index contributed by atoms with van der Waals surface area (Å²) in [4.78, 5) is 15.3. The van der Waals surface area contributed by atoms with Crippen molar-refractivity contribution in [3.05, 3.63) is 40.2 Å². The molecule has 2 rings (SSSR count). The molecule has 18 heavy (non-hydrogen) atoms. The summed E-state index contributed by atoms with van der Waals surface area (Å²) < 4.78 is 6.28. The minimum atomic E-state index is -1.07. The van der Waals surface area contributed by atoms with E-state index in [2.05, 4.69) is 20.9 Å². The van der Waals surface area contributed by atoms with E-state index in [0.717, 1.165) is 16.5 Å². The van der Waals surface area contributed by atoms with Gasteiger partial charge in [-0.3, -0.25) is 0 Å². The van der Waals surface area contributed by atoms with Gasteiger partial charge in [0.05, 0.1) is 5.69 Å². The van der Waals surface area contributed by atoms with Crippen molar-refractivity contribution in [2.45, 2.75) is 19.8 Å². The largest absolute Gasteiger partial charge is 0.475 e. The van der Waals surface area contributed by atoms with E-state index in [0.29, 0.717) is 18.0 Å². The Labute approximate surface area is 113 Å². The molecule has 0 saturated carbocycles. The smallest absolute Gasteiger partial charge is 0.373 e. The number of carbonyl (C=O) groups is 1. The SMILES string of the molecule is CCCc1nc(-c2ccc(Br)cc2)oc1C(=O)O. The number of hydrogen-bond donors (Lipinski definition) is 1. The van der Waals surface area contributed by atoms with E-state index in [9.17, 15) is 4.79 Å². The maximum Gasteiger partial charge on any atom is 0.373 e. The number of halogens is 1. The number of aryl methyl sites for hydroxylation is 1. The first-order valence-corrected chi connectivity index (χ1v) is 6.40. The van der Waals surface area contributed by atoms with Gasteiger partial charge in [0, 0.05) is 10.0 Å². The molecule has 0 unspecified atom stereocenters. The van der Waals surface area contributed by atoms with Crippen molar-refractivity contribution >= 4 is 21.9 Å². The van der Waals surface area contributed by atoms with Crippen molar-refractivity contribution in [1.82, 2.24) is 4.98 Å². The van der Waals surface area contributed by atoms with Crippen molar-refractivity contribution in [1.29, 1.82) is 0 Å². The molecule has 0 bridgehead atoms. The molecule has 0 radical (unpaired) electrons. The lowest BCUT2D eigenvalue weighted by atomic mass is 10.2. The van der Waals surface area contributed by atoms with Crippen LogP contribution in [0.2, 0.25) is 0 Å². The fourth-order valence-electron chi connectivity index (χ4n) is 1.64. The molecule has 0 atom stereocenters. The summed E-state index contributed by atoms with van der Waals surface area (Å²) in [7, 11) is 0. The average molecular weight is 310 g/mol. The van der Waals surface area contributed by atoms with Crippen LogP contribution in [0.1, 0.15) is 29.6 Å². The van der Waals surface area contributed by atoms with E-state index >= 15 is 0 Å². The van der Waals surface area contributed by atoms with Crippen LogP contribution in [-0.2, 0) is 6.42 Å². The van der Waals surface area contributed by atoms with Crippen LogP contribution >= 0.6 is 15.9 Å². The Hall–Kier alpha value is -1.62. The first kappa shape index (κ1) is 12.8. The highest BCUT2D eigenvalue weighted by Crippen LogP contribution is 2.24.